The molecule has 0 heterocycles. The van der Waals surface area contributed by atoms with Crippen LogP contribution in [0.5, 0.6) is 5.75 Å². The van der Waals surface area contributed by atoms with E-state index in [0.717, 1.165) is 18.8 Å². The molecule has 1 rings (SSSR count). The molecule has 0 bridgehead atoms. The van der Waals surface area contributed by atoms with E-state index in [9.17, 15) is 4.79 Å². The molecule has 0 atom stereocenters. The number of hydrogen-bond donors (Lipinski definition) is 0. The largest absolute Gasteiger partial charge is 0.494 e. The van der Waals surface area contributed by atoms with Crippen molar-refractivity contribution in [1.82, 2.24) is 0 Å². The van der Waals surface area contributed by atoms with E-state index in [-0.39, 0.29) is 5.97 Å². The summed E-state index contributed by atoms with van der Waals surface area (Å²) in [5.41, 5.74) is 0.559. The highest BCUT2D eigenvalue weighted by Gasteiger charge is 2.04. The molecule has 0 saturated carbocycles. The highest BCUT2D eigenvalue weighted by atomic mass is 16.5. The molecule has 0 amide bonds. The minimum atomic E-state index is -0.310. The number of methoxy groups -OCH3 is 1. The predicted octanol–water partition coefficient (Wildman–Crippen LogP) is 9.67. The van der Waals surface area contributed by atoms with Gasteiger partial charge in [-0.15, -0.1) is 0 Å². The second kappa shape index (κ2) is 22.3. The molecular weight excluding hydrogens is 408 g/mol. The Hall–Kier alpha value is -1.51. The molecule has 0 fully saturated rings. The fourth-order valence-electron chi connectivity index (χ4n) is 4.35. The number of rotatable bonds is 23. The number of benzene rings is 1. The fraction of sp³-hybridized carbons (Fsp3) is 0.767. The minimum Gasteiger partial charge on any atom is -0.494 e. The van der Waals surface area contributed by atoms with Gasteiger partial charge in [-0.1, -0.05) is 129 Å². The van der Waals surface area contributed by atoms with Crippen molar-refractivity contribution < 1.29 is 14.3 Å². The van der Waals surface area contributed by atoms with E-state index in [2.05, 4.69) is 6.92 Å². The molecule has 0 aromatic heterocycles. The maximum absolute atomic E-state index is 11.4. The third-order valence-electron chi connectivity index (χ3n) is 6.54. The van der Waals surface area contributed by atoms with Crippen molar-refractivity contribution in [3.63, 3.8) is 0 Å². The lowest BCUT2D eigenvalue weighted by atomic mass is 10.0. The van der Waals surface area contributed by atoms with Gasteiger partial charge in [0.2, 0.25) is 0 Å². The summed E-state index contributed by atoms with van der Waals surface area (Å²) in [6.45, 7) is 3.04. The van der Waals surface area contributed by atoms with Crippen LogP contribution in [0, 0.1) is 0 Å². The highest BCUT2D eigenvalue weighted by Crippen LogP contribution is 2.16. The molecule has 1 aromatic rings. The molecule has 0 aliphatic heterocycles. The topological polar surface area (TPSA) is 35.5 Å². The lowest BCUT2D eigenvalue weighted by molar-refractivity contribution is 0.0600. The quantitative estimate of drug-likeness (QED) is 0.120. The van der Waals surface area contributed by atoms with Gasteiger partial charge in [-0.3, -0.25) is 0 Å². The molecule has 0 unspecified atom stereocenters. The maximum Gasteiger partial charge on any atom is 0.337 e. The van der Waals surface area contributed by atoms with Crippen LogP contribution in [0.4, 0.5) is 0 Å². The standard InChI is InChI=1S/C30H52O3/c1-3-4-5-6-7-8-9-10-11-12-13-14-15-16-17-18-19-20-21-22-27-33-29-25-23-28(24-26-29)30(31)32-2/h23-26H,3-22,27H2,1-2H3. The Kier molecular flexibility index (Phi) is 19.9. The van der Waals surface area contributed by atoms with Gasteiger partial charge in [0.25, 0.3) is 0 Å². The smallest absolute Gasteiger partial charge is 0.337 e. The summed E-state index contributed by atoms with van der Waals surface area (Å²) in [7, 11) is 1.40. The van der Waals surface area contributed by atoms with E-state index in [1.165, 1.54) is 129 Å². The van der Waals surface area contributed by atoms with Crippen molar-refractivity contribution in [3.8, 4) is 5.75 Å². The summed E-state index contributed by atoms with van der Waals surface area (Å²) in [6.07, 6.45) is 27.9. The summed E-state index contributed by atoms with van der Waals surface area (Å²) in [6, 6.07) is 7.17. The second-order valence-corrected chi connectivity index (χ2v) is 9.58. The van der Waals surface area contributed by atoms with E-state index in [1.54, 1.807) is 12.1 Å². The van der Waals surface area contributed by atoms with E-state index < -0.39 is 0 Å². The molecule has 0 aliphatic carbocycles. The van der Waals surface area contributed by atoms with Gasteiger partial charge in [0.05, 0.1) is 19.3 Å². The van der Waals surface area contributed by atoms with E-state index in [4.69, 9.17) is 9.47 Å². The van der Waals surface area contributed by atoms with Gasteiger partial charge < -0.3 is 9.47 Å². The zero-order chi connectivity index (χ0) is 23.8. The third kappa shape index (κ3) is 17.6. The van der Waals surface area contributed by atoms with Crippen LogP contribution in [0.15, 0.2) is 24.3 Å². The molecule has 0 N–H and O–H groups in total. The molecule has 0 saturated heterocycles. The first kappa shape index (κ1) is 29.5. The summed E-state index contributed by atoms with van der Waals surface area (Å²) >= 11 is 0. The summed E-state index contributed by atoms with van der Waals surface area (Å²) in [4.78, 5) is 11.4. The van der Waals surface area contributed by atoms with Gasteiger partial charge in [-0.2, -0.15) is 0 Å². The first-order valence-electron chi connectivity index (χ1n) is 14.1. The molecule has 0 radical (unpaired) electrons. The molecule has 0 spiro atoms. The Morgan fingerprint density at radius 2 is 0.939 bits per heavy atom. The van der Waals surface area contributed by atoms with Crippen molar-refractivity contribution in [1.29, 1.82) is 0 Å². The van der Waals surface area contributed by atoms with Crippen LogP contribution in [0.2, 0.25) is 0 Å². The van der Waals surface area contributed by atoms with Crippen LogP contribution in [0.25, 0.3) is 0 Å². The van der Waals surface area contributed by atoms with Crippen LogP contribution < -0.4 is 4.74 Å². The zero-order valence-electron chi connectivity index (χ0n) is 21.9. The Morgan fingerprint density at radius 1 is 0.576 bits per heavy atom. The normalized spacial score (nSPS) is 11.0. The minimum absolute atomic E-state index is 0.310. The molecule has 3 nitrogen and oxygen atoms in total. The first-order valence-corrected chi connectivity index (χ1v) is 14.1. The Labute approximate surface area is 205 Å². The van der Waals surface area contributed by atoms with Crippen LogP contribution in [0.3, 0.4) is 0 Å². The Balaban J connectivity index is 1.76. The molecule has 190 valence electrons. The van der Waals surface area contributed by atoms with Crippen molar-refractivity contribution >= 4 is 5.97 Å². The van der Waals surface area contributed by atoms with Crippen LogP contribution in [-0.2, 0) is 4.74 Å². The predicted molar refractivity (Wildman–Crippen MR) is 141 cm³/mol. The highest BCUT2D eigenvalue weighted by molar-refractivity contribution is 5.89. The van der Waals surface area contributed by atoms with Crippen LogP contribution in [-0.4, -0.2) is 19.7 Å². The molecule has 1 aromatic carbocycles. The van der Waals surface area contributed by atoms with Crippen molar-refractivity contribution in [2.75, 3.05) is 13.7 Å². The molecular formula is C30H52O3. The molecule has 0 aliphatic rings. The number of carbonyl (C=O) groups is 1. The van der Waals surface area contributed by atoms with Gasteiger partial charge in [0.15, 0.2) is 0 Å². The number of ether oxygens (including phenoxy) is 2. The van der Waals surface area contributed by atoms with E-state index in [0.29, 0.717) is 5.56 Å². The average Bonchev–Trinajstić information content (AvgIpc) is 2.85. The number of unbranched alkanes of at least 4 members (excludes halogenated alkanes) is 19. The Morgan fingerprint density at radius 3 is 1.30 bits per heavy atom. The third-order valence-corrected chi connectivity index (χ3v) is 6.54. The van der Waals surface area contributed by atoms with Crippen LogP contribution >= 0.6 is 0 Å². The van der Waals surface area contributed by atoms with Crippen molar-refractivity contribution in [3.05, 3.63) is 29.8 Å². The second-order valence-electron chi connectivity index (χ2n) is 9.58. The van der Waals surface area contributed by atoms with Gasteiger partial charge in [0.1, 0.15) is 5.75 Å². The maximum atomic E-state index is 11.4. The van der Waals surface area contributed by atoms with Gasteiger partial charge in [-0.25, -0.2) is 4.79 Å². The van der Waals surface area contributed by atoms with Crippen molar-refractivity contribution in [2.24, 2.45) is 0 Å². The lowest BCUT2D eigenvalue weighted by Gasteiger charge is -2.07. The SMILES string of the molecule is CCCCCCCCCCCCCCCCCCCCCCOc1ccc(C(=O)OC)cc1. The monoisotopic (exact) mass is 460 g/mol. The van der Waals surface area contributed by atoms with Crippen LogP contribution in [0.1, 0.15) is 146 Å². The lowest BCUT2D eigenvalue weighted by Crippen LogP contribution is -2.01. The summed E-state index contributed by atoms with van der Waals surface area (Å²) in [5, 5.41) is 0. The fourth-order valence-corrected chi connectivity index (χ4v) is 4.35. The summed E-state index contributed by atoms with van der Waals surface area (Å²) < 4.78 is 10.5. The zero-order valence-corrected chi connectivity index (χ0v) is 21.9. The van der Waals surface area contributed by atoms with Crippen molar-refractivity contribution in [2.45, 2.75) is 135 Å². The molecule has 33 heavy (non-hydrogen) atoms. The van der Waals surface area contributed by atoms with Gasteiger partial charge in [0, 0.05) is 0 Å². The first-order chi connectivity index (χ1) is 16.3. The summed E-state index contributed by atoms with van der Waals surface area (Å²) in [5.74, 6) is 0.510. The molecule has 3 heteroatoms. The Bertz CT molecular complexity index is 552. The number of carbonyl (C=O) groups excluding carboxylic acids is 1. The van der Waals surface area contributed by atoms with Gasteiger partial charge >= 0.3 is 5.97 Å². The average molecular weight is 461 g/mol. The van der Waals surface area contributed by atoms with E-state index >= 15 is 0 Å². The van der Waals surface area contributed by atoms with E-state index in [1.807, 2.05) is 12.1 Å². The number of hydrogen-bond acceptors (Lipinski definition) is 3. The van der Waals surface area contributed by atoms with Gasteiger partial charge in [-0.05, 0) is 30.7 Å². The number of esters is 1.